The van der Waals surface area contributed by atoms with Crippen LogP contribution in [-0.4, -0.2) is 38.9 Å². The number of thiophene rings is 1. The van der Waals surface area contributed by atoms with Gasteiger partial charge in [-0.25, -0.2) is 13.2 Å². The number of methoxy groups -OCH3 is 1. The van der Waals surface area contributed by atoms with Gasteiger partial charge in [0.2, 0.25) is 5.91 Å². The first-order chi connectivity index (χ1) is 10.9. The summed E-state index contributed by atoms with van der Waals surface area (Å²) in [5.41, 5.74) is 1.46. The van der Waals surface area contributed by atoms with Crippen LogP contribution < -0.4 is 5.32 Å². The number of fused-ring (bicyclic) bond motifs is 1. The molecule has 1 saturated heterocycles. The van der Waals surface area contributed by atoms with Crippen molar-refractivity contribution < 1.29 is 22.7 Å². The normalized spacial score (nSPS) is 21.9. The van der Waals surface area contributed by atoms with E-state index in [0.29, 0.717) is 17.0 Å². The number of rotatable bonds is 4. The van der Waals surface area contributed by atoms with E-state index in [1.807, 2.05) is 0 Å². The van der Waals surface area contributed by atoms with E-state index in [4.69, 9.17) is 4.74 Å². The number of hydrogen-bond donors (Lipinski definition) is 1. The van der Waals surface area contributed by atoms with Crippen LogP contribution in [0.15, 0.2) is 0 Å². The van der Waals surface area contributed by atoms with Crippen LogP contribution in [-0.2, 0) is 32.2 Å². The Labute approximate surface area is 139 Å². The van der Waals surface area contributed by atoms with Crippen molar-refractivity contribution >= 4 is 38.1 Å². The van der Waals surface area contributed by atoms with E-state index in [1.54, 1.807) is 0 Å². The second-order valence-electron chi connectivity index (χ2n) is 6.07. The van der Waals surface area contributed by atoms with Gasteiger partial charge in [0.05, 0.1) is 24.2 Å². The number of nitrogens with one attached hydrogen (secondary N) is 1. The van der Waals surface area contributed by atoms with Crippen molar-refractivity contribution in [1.29, 1.82) is 0 Å². The van der Waals surface area contributed by atoms with E-state index in [1.165, 1.54) is 18.4 Å². The number of anilines is 1. The smallest absolute Gasteiger partial charge is 0.341 e. The van der Waals surface area contributed by atoms with Gasteiger partial charge >= 0.3 is 5.97 Å². The van der Waals surface area contributed by atoms with Gasteiger partial charge in [0.1, 0.15) is 5.00 Å². The number of carbonyl (C=O) groups excluding carboxylic acids is 2. The van der Waals surface area contributed by atoms with Gasteiger partial charge in [-0.05, 0) is 37.2 Å². The molecule has 0 spiro atoms. The lowest BCUT2D eigenvalue weighted by Crippen LogP contribution is -2.18. The molecular weight excluding hydrogens is 338 g/mol. The number of aryl methyl sites for hydroxylation is 1. The van der Waals surface area contributed by atoms with Crippen molar-refractivity contribution in [3.63, 3.8) is 0 Å². The summed E-state index contributed by atoms with van der Waals surface area (Å²) in [7, 11) is -1.66. The molecule has 1 aromatic heterocycles. The largest absolute Gasteiger partial charge is 0.465 e. The van der Waals surface area contributed by atoms with E-state index >= 15 is 0 Å². The molecule has 2 aliphatic rings. The molecular formula is C15H19NO5S2. The Morgan fingerprint density at radius 2 is 2.13 bits per heavy atom. The molecule has 6 nitrogen and oxygen atoms in total. The zero-order valence-electron chi connectivity index (χ0n) is 12.9. The number of sulfone groups is 1. The van der Waals surface area contributed by atoms with Crippen LogP contribution >= 0.6 is 11.3 Å². The molecule has 0 radical (unpaired) electrons. The van der Waals surface area contributed by atoms with E-state index in [0.717, 1.165) is 29.7 Å². The highest BCUT2D eigenvalue weighted by molar-refractivity contribution is 7.91. The van der Waals surface area contributed by atoms with Crippen LogP contribution in [0, 0.1) is 5.92 Å². The maximum atomic E-state index is 12.2. The van der Waals surface area contributed by atoms with E-state index in [2.05, 4.69) is 5.32 Å². The van der Waals surface area contributed by atoms with E-state index < -0.39 is 15.8 Å². The SMILES string of the molecule is COC(=O)c1c(NC(=O)C[C@H]2CCS(=O)(=O)C2)sc2c1CCC2. The lowest BCUT2D eigenvalue weighted by Gasteiger charge is -2.09. The van der Waals surface area contributed by atoms with Crippen molar-refractivity contribution in [3.8, 4) is 0 Å². The second kappa shape index (κ2) is 6.24. The highest BCUT2D eigenvalue weighted by Crippen LogP contribution is 2.39. The van der Waals surface area contributed by atoms with Crippen LogP contribution in [0.25, 0.3) is 0 Å². The fourth-order valence-electron chi connectivity index (χ4n) is 3.28. The highest BCUT2D eigenvalue weighted by Gasteiger charge is 2.31. The van der Waals surface area contributed by atoms with Gasteiger partial charge in [-0.2, -0.15) is 0 Å². The van der Waals surface area contributed by atoms with Gasteiger partial charge in [-0.1, -0.05) is 0 Å². The molecule has 0 unspecified atom stereocenters. The van der Waals surface area contributed by atoms with Gasteiger partial charge in [0, 0.05) is 11.3 Å². The van der Waals surface area contributed by atoms with Gasteiger partial charge in [-0.15, -0.1) is 11.3 Å². The Morgan fingerprint density at radius 1 is 1.35 bits per heavy atom. The van der Waals surface area contributed by atoms with Crippen LogP contribution in [0.4, 0.5) is 5.00 Å². The minimum absolute atomic E-state index is 0.0746. The van der Waals surface area contributed by atoms with Gasteiger partial charge in [0.15, 0.2) is 9.84 Å². The summed E-state index contributed by atoms with van der Waals surface area (Å²) >= 11 is 1.43. The molecule has 1 N–H and O–H groups in total. The average Bonchev–Trinajstić information content (AvgIpc) is 3.12. The molecule has 3 rings (SSSR count). The molecule has 8 heteroatoms. The predicted octanol–water partition coefficient (Wildman–Crippen LogP) is 1.79. The molecule has 1 fully saturated rings. The maximum Gasteiger partial charge on any atom is 0.341 e. The summed E-state index contributed by atoms with van der Waals surface area (Å²) in [5, 5.41) is 3.33. The lowest BCUT2D eigenvalue weighted by molar-refractivity contribution is -0.116. The monoisotopic (exact) mass is 357 g/mol. The van der Waals surface area contributed by atoms with Crippen molar-refractivity contribution in [1.82, 2.24) is 0 Å². The van der Waals surface area contributed by atoms with Gasteiger partial charge in [0.25, 0.3) is 0 Å². The average molecular weight is 357 g/mol. The molecule has 0 saturated carbocycles. The Bertz CT molecular complexity index is 750. The molecule has 0 bridgehead atoms. The second-order valence-corrected chi connectivity index (χ2v) is 9.41. The molecule has 1 aliphatic carbocycles. The maximum absolute atomic E-state index is 12.2. The number of carbonyl (C=O) groups is 2. The zero-order valence-corrected chi connectivity index (χ0v) is 14.5. The van der Waals surface area contributed by atoms with Crippen LogP contribution in [0.5, 0.6) is 0 Å². The third-order valence-electron chi connectivity index (χ3n) is 4.36. The van der Waals surface area contributed by atoms with Gasteiger partial charge in [-0.3, -0.25) is 4.79 Å². The summed E-state index contributed by atoms with van der Waals surface area (Å²) in [5.74, 6) is -0.564. The standard InChI is InChI=1S/C15H19NO5S2/c1-21-15(18)13-10-3-2-4-11(10)22-14(13)16-12(17)7-9-5-6-23(19,20)8-9/h9H,2-8H2,1H3,(H,16,17)/t9-/m1/s1. The van der Waals surface area contributed by atoms with Crippen molar-refractivity contribution in [3.05, 3.63) is 16.0 Å². The number of ether oxygens (including phenoxy) is 1. The Morgan fingerprint density at radius 3 is 2.78 bits per heavy atom. The molecule has 0 aromatic carbocycles. The Hall–Kier alpha value is -1.41. The third-order valence-corrected chi connectivity index (χ3v) is 7.41. The number of amides is 1. The highest BCUT2D eigenvalue weighted by atomic mass is 32.2. The minimum atomic E-state index is -2.99. The molecule has 23 heavy (non-hydrogen) atoms. The van der Waals surface area contributed by atoms with E-state index in [9.17, 15) is 18.0 Å². The van der Waals surface area contributed by atoms with Crippen LogP contribution in [0.2, 0.25) is 0 Å². The van der Waals surface area contributed by atoms with Crippen molar-refractivity contribution in [2.45, 2.75) is 32.1 Å². The summed E-state index contributed by atoms with van der Waals surface area (Å²) in [6.45, 7) is 0. The summed E-state index contributed by atoms with van der Waals surface area (Å²) in [6, 6.07) is 0. The predicted molar refractivity (Wildman–Crippen MR) is 87.7 cm³/mol. The summed E-state index contributed by atoms with van der Waals surface area (Å²) < 4.78 is 27.8. The molecule has 2 heterocycles. The quantitative estimate of drug-likeness (QED) is 0.830. The minimum Gasteiger partial charge on any atom is -0.465 e. The first-order valence-electron chi connectivity index (χ1n) is 7.62. The van der Waals surface area contributed by atoms with Gasteiger partial charge < -0.3 is 10.1 Å². The van der Waals surface area contributed by atoms with Crippen LogP contribution in [0.3, 0.4) is 0 Å². The fraction of sp³-hybridized carbons (Fsp3) is 0.600. The number of hydrogen-bond acceptors (Lipinski definition) is 6. The third kappa shape index (κ3) is 3.42. The molecule has 1 atom stereocenters. The zero-order chi connectivity index (χ0) is 16.6. The lowest BCUT2D eigenvalue weighted by atomic mass is 10.0. The first-order valence-corrected chi connectivity index (χ1v) is 10.3. The molecule has 1 aliphatic heterocycles. The fourth-order valence-corrected chi connectivity index (χ4v) is 6.44. The number of esters is 1. The van der Waals surface area contributed by atoms with Crippen LogP contribution in [0.1, 0.15) is 40.1 Å². The molecule has 1 amide bonds. The Balaban J connectivity index is 1.73. The molecule has 1 aromatic rings. The van der Waals surface area contributed by atoms with Crippen molar-refractivity contribution in [2.75, 3.05) is 23.9 Å². The Kier molecular flexibility index (Phi) is 4.46. The topological polar surface area (TPSA) is 89.5 Å². The summed E-state index contributed by atoms with van der Waals surface area (Å²) in [4.78, 5) is 25.4. The first kappa shape index (κ1) is 16.4. The summed E-state index contributed by atoms with van der Waals surface area (Å²) in [6.07, 6.45) is 3.45. The van der Waals surface area contributed by atoms with E-state index in [-0.39, 0.29) is 29.8 Å². The molecule has 126 valence electrons. The van der Waals surface area contributed by atoms with Crippen molar-refractivity contribution in [2.24, 2.45) is 5.92 Å².